The van der Waals surface area contributed by atoms with Gasteiger partial charge in [0.05, 0.1) is 27.0 Å². The Balaban J connectivity index is 2.18. The van der Waals surface area contributed by atoms with Crippen LogP contribution in [-0.4, -0.2) is 42.6 Å². The van der Waals surface area contributed by atoms with E-state index in [0.29, 0.717) is 35.5 Å². The van der Waals surface area contributed by atoms with Crippen LogP contribution in [0.1, 0.15) is 25.3 Å². The molecule has 2 rings (SSSR count). The van der Waals surface area contributed by atoms with Gasteiger partial charge in [-0.25, -0.2) is 4.98 Å². The molecule has 29 heavy (non-hydrogen) atoms. The standard InChI is InChI=1S/C20H27N3O5S/c1-5-6-9-28-18(24)13-23-19(25)16(12-22-20(23)29-4)21-11-14-7-8-15(26-2)10-17(14)27-3/h7-8,10,12,21H,5-6,9,11,13H2,1-4H3. The van der Waals surface area contributed by atoms with Crippen LogP contribution in [0.3, 0.4) is 0 Å². The Morgan fingerprint density at radius 3 is 2.72 bits per heavy atom. The number of hydrogen-bond acceptors (Lipinski definition) is 8. The van der Waals surface area contributed by atoms with Crippen LogP contribution in [0.2, 0.25) is 0 Å². The zero-order valence-electron chi connectivity index (χ0n) is 17.2. The molecule has 8 nitrogen and oxygen atoms in total. The summed E-state index contributed by atoms with van der Waals surface area (Å²) < 4.78 is 17.1. The summed E-state index contributed by atoms with van der Waals surface area (Å²) in [6.07, 6.45) is 5.00. The smallest absolute Gasteiger partial charge is 0.326 e. The molecular weight excluding hydrogens is 394 g/mol. The zero-order valence-corrected chi connectivity index (χ0v) is 18.0. The van der Waals surface area contributed by atoms with Crippen molar-refractivity contribution in [2.24, 2.45) is 0 Å². The minimum atomic E-state index is -0.452. The van der Waals surface area contributed by atoms with E-state index in [2.05, 4.69) is 10.3 Å². The Morgan fingerprint density at radius 1 is 1.28 bits per heavy atom. The van der Waals surface area contributed by atoms with Gasteiger partial charge in [0.2, 0.25) is 0 Å². The molecule has 0 bridgehead atoms. The highest BCUT2D eigenvalue weighted by Crippen LogP contribution is 2.25. The van der Waals surface area contributed by atoms with Gasteiger partial charge in [-0.3, -0.25) is 14.2 Å². The summed E-state index contributed by atoms with van der Waals surface area (Å²) in [6, 6.07) is 5.45. The van der Waals surface area contributed by atoms with Crippen molar-refractivity contribution < 1.29 is 19.0 Å². The minimum absolute atomic E-state index is 0.174. The summed E-state index contributed by atoms with van der Waals surface area (Å²) in [7, 11) is 3.16. The second-order valence-corrected chi connectivity index (χ2v) is 6.93. The van der Waals surface area contributed by atoms with E-state index < -0.39 is 5.97 Å². The first kappa shape index (κ1) is 22.6. The lowest BCUT2D eigenvalue weighted by Gasteiger charge is -2.14. The van der Waals surface area contributed by atoms with E-state index in [1.807, 2.05) is 19.1 Å². The van der Waals surface area contributed by atoms with Gasteiger partial charge in [0.1, 0.15) is 23.7 Å². The third-order valence-corrected chi connectivity index (χ3v) is 4.90. The van der Waals surface area contributed by atoms with Crippen LogP contribution in [0.5, 0.6) is 11.5 Å². The highest BCUT2D eigenvalue weighted by molar-refractivity contribution is 7.98. The SMILES string of the molecule is CCCCOC(=O)Cn1c(SC)ncc(NCc2ccc(OC)cc2OC)c1=O. The van der Waals surface area contributed by atoms with Gasteiger partial charge in [-0.1, -0.05) is 25.1 Å². The average Bonchev–Trinajstić information content (AvgIpc) is 2.74. The summed E-state index contributed by atoms with van der Waals surface area (Å²) in [5.74, 6) is 0.873. The molecule has 9 heteroatoms. The molecule has 0 aliphatic heterocycles. The van der Waals surface area contributed by atoms with E-state index in [0.717, 1.165) is 18.4 Å². The molecular formula is C20H27N3O5S. The van der Waals surface area contributed by atoms with Crippen LogP contribution < -0.4 is 20.3 Å². The summed E-state index contributed by atoms with van der Waals surface area (Å²) in [5, 5.41) is 3.53. The fraction of sp³-hybridized carbons (Fsp3) is 0.450. The Bertz CT molecular complexity index is 885. The number of unbranched alkanes of at least 4 members (excludes halogenated alkanes) is 1. The van der Waals surface area contributed by atoms with Crippen LogP contribution in [0.4, 0.5) is 5.69 Å². The minimum Gasteiger partial charge on any atom is -0.497 e. The maximum absolute atomic E-state index is 12.9. The van der Waals surface area contributed by atoms with Crippen LogP contribution in [-0.2, 0) is 22.6 Å². The molecule has 0 fully saturated rings. The number of esters is 1. The molecule has 0 spiro atoms. The lowest BCUT2D eigenvalue weighted by Crippen LogP contribution is -2.29. The number of benzene rings is 1. The van der Waals surface area contributed by atoms with Gasteiger partial charge in [-0.2, -0.15) is 0 Å². The number of nitrogens with zero attached hydrogens (tertiary/aromatic N) is 2. The van der Waals surface area contributed by atoms with Crippen molar-refractivity contribution in [1.82, 2.24) is 9.55 Å². The van der Waals surface area contributed by atoms with E-state index in [1.54, 1.807) is 26.5 Å². The highest BCUT2D eigenvalue weighted by Gasteiger charge is 2.15. The number of ether oxygens (including phenoxy) is 3. The molecule has 0 aliphatic rings. The molecule has 1 heterocycles. The normalized spacial score (nSPS) is 10.5. The first-order chi connectivity index (χ1) is 14.0. The number of rotatable bonds is 11. The van der Waals surface area contributed by atoms with Crippen molar-refractivity contribution in [3.05, 3.63) is 40.3 Å². The summed E-state index contributed by atoms with van der Waals surface area (Å²) in [5.41, 5.74) is 0.818. The van der Waals surface area contributed by atoms with E-state index in [-0.39, 0.29) is 12.1 Å². The lowest BCUT2D eigenvalue weighted by molar-refractivity contribution is -0.144. The van der Waals surface area contributed by atoms with Crippen LogP contribution >= 0.6 is 11.8 Å². The third-order valence-electron chi connectivity index (χ3n) is 4.20. The Morgan fingerprint density at radius 2 is 2.07 bits per heavy atom. The quantitative estimate of drug-likeness (QED) is 0.256. The van der Waals surface area contributed by atoms with Crippen molar-refractivity contribution in [3.63, 3.8) is 0 Å². The first-order valence-electron chi connectivity index (χ1n) is 9.28. The topological polar surface area (TPSA) is 91.7 Å². The highest BCUT2D eigenvalue weighted by atomic mass is 32.2. The monoisotopic (exact) mass is 421 g/mol. The molecule has 0 aliphatic carbocycles. The van der Waals surface area contributed by atoms with Crippen molar-refractivity contribution in [2.75, 3.05) is 32.4 Å². The second-order valence-electron chi connectivity index (χ2n) is 6.16. The van der Waals surface area contributed by atoms with E-state index in [1.165, 1.54) is 22.5 Å². The molecule has 0 saturated heterocycles. The molecule has 1 N–H and O–H groups in total. The van der Waals surface area contributed by atoms with Crippen LogP contribution in [0.25, 0.3) is 0 Å². The van der Waals surface area contributed by atoms with Gasteiger partial charge in [0.25, 0.3) is 5.56 Å². The van der Waals surface area contributed by atoms with Crippen molar-refractivity contribution in [2.45, 2.75) is 38.0 Å². The van der Waals surface area contributed by atoms with Gasteiger partial charge < -0.3 is 19.5 Å². The number of thioether (sulfide) groups is 1. The maximum atomic E-state index is 12.9. The van der Waals surface area contributed by atoms with Crippen LogP contribution in [0.15, 0.2) is 34.3 Å². The molecule has 158 valence electrons. The van der Waals surface area contributed by atoms with Crippen LogP contribution in [0, 0.1) is 0 Å². The molecule has 1 aromatic heterocycles. The van der Waals surface area contributed by atoms with Gasteiger partial charge in [0.15, 0.2) is 5.16 Å². The van der Waals surface area contributed by atoms with Crippen molar-refractivity contribution in [1.29, 1.82) is 0 Å². The van der Waals surface area contributed by atoms with E-state index in [4.69, 9.17) is 14.2 Å². The van der Waals surface area contributed by atoms with Crippen molar-refractivity contribution >= 4 is 23.4 Å². The van der Waals surface area contributed by atoms with Gasteiger partial charge in [-0.05, 0) is 24.8 Å². The Labute approximate surface area is 174 Å². The number of carbonyl (C=O) groups excluding carboxylic acids is 1. The molecule has 0 saturated carbocycles. The summed E-state index contributed by atoms with van der Waals surface area (Å²) in [6.45, 7) is 2.54. The fourth-order valence-corrected chi connectivity index (χ4v) is 3.12. The van der Waals surface area contributed by atoms with Crippen molar-refractivity contribution in [3.8, 4) is 11.5 Å². The second kappa shape index (κ2) is 11.4. The third kappa shape index (κ3) is 6.15. The predicted octanol–water partition coefficient (Wildman–Crippen LogP) is 2.94. The maximum Gasteiger partial charge on any atom is 0.326 e. The molecule has 0 amide bonds. The predicted molar refractivity (Wildman–Crippen MR) is 113 cm³/mol. The number of aromatic nitrogens is 2. The van der Waals surface area contributed by atoms with Gasteiger partial charge in [0, 0.05) is 18.2 Å². The molecule has 1 aromatic carbocycles. The number of nitrogens with one attached hydrogen (secondary N) is 1. The van der Waals surface area contributed by atoms with E-state index >= 15 is 0 Å². The first-order valence-corrected chi connectivity index (χ1v) is 10.5. The molecule has 0 unspecified atom stereocenters. The average molecular weight is 422 g/mol. The van der Waals surface area contributed by atoms with E-state index in [9.17, 15) is 9.59 Å². The van der Waals surface area contributed by atoms with Gasteiger partial charge >= 0.3 is 5.97 Å². The molecule has 0 radical (unpaired) electrons. The Kier molecular flexibility index (Phi) is 8.85. The molecule has 0 atom stereocenters. The largest absolute Gasteiger partial charge is 0.497 e. The number of hydrogen-bond donors (Lipinski definition) is 1. The number of carbonyl (C=O) groups is 1. The molecule has 2 aromatic rings. The Hall–Kier alpha value is -2.68. The van der Waals surface area contributed by atoms with Gasteiger partial charge in [-0.15, -0.1) is 0 Å². The lowest BCUT2D eigenvalue weighted by atomic mass is 10.2. The zero-order chi connectivity index (χ0) is 21.2. The summed E-state index contributed by atoms with van der Waals surface area (Å²) >= 11 is 1.30. The number of methoxy groups -OCH3 is 2. The number of anilines is 1. The fourth-order valence-electron chi connectivity index (χ4n) is 2.59. The summed E-state index contributed by atoms with van der Waals surface area (Å²) in [4.78, 5) is 29.2.